The van der Waals surface area contributed by atoms with Crippen molar-refractivity contribution in [3.63, 3.8) is 0 Å². The van der Waals surface area contributed by atoms with E-state index in [1.165, 1.54) is 12.3 Å². The lowest BCUT2D eigenvalue weighted by Gasteiger charge is -1.95. The lowest BCUT2D eigenvalue weighted by molar-refractivity contribution is 0.619. The van der Waals surface area contributed by atoms with E-state index >= 15 is 0 Å². The van der Waals surface area contributed by atoms with Gasteiger partial charge in [-0.3, -0.25) is 0 Å². The van der Waals surface area contributed by atoms with E-state index < -0.39 is 0 Å². The third-order valence-corrected chi connectivity index (χ3v) is 1.75. The van der Waals surface area contributed by atoms with Crippen molar-refractivity contribution in [2.45, 2.75) is 13.3 Å². The zero-order valence-electron chi connectivity index (χ0n) is 8.39. The Hall–Kier alpha value is -1.40. The highest BCUT2D eigenvalue weighted by molar-refractivity contribution is 5.34. The van der Waals surface area contributed by atoms with E-state index in [1.54, 1.807) is 6.92 Å². The molecule has 0 saturated carbocycles. The Labute approximate surface area is 83.6 Å². The van der Waals surface area contributed by atoms with E-state index in [2.05, 4.69) is 22.1 Å². The quantitative estimate of drug-likeness (QED) is 0.567. The summed E-state index contributed by atoms with van der Waals surface area (Å²) in [6.07, 6.45) is 1.96. The highest BCUT2D eigenvalue weighted by Crippen LogP contribution is 2.04. The molecule has 0 radical (unpaired) electrons. The average Bonchev–Trinajstić information content (AvgIpc) is 2.15. The molecule has 0 atom stereocenters. The normalized spacial score (nSPS) is 9.36. The van der Waals surface area contributed by atoms with Gasteiger partial charge in [0.15, 0.2) is 0 Å². The molecule has 0 aliphatic carbocycles. The third-order valence-electron chi connectivity index (χ3n) is 1.75. The average molecular weight is 192 g/mol. The van der Waals surface area contributed by atoms with Crippen LogP contribution >= 0.6 is 0 Å². The first-order valence-electron chi connectivity index (χ1n) is 4.49. The minimum Gasteiger partial charge on any atom is -0.319 e. The molecule has 74 valence electrons. The third kappa shape index (κ3) is 3.15. The molecule has 0 saturated heterocycles. The second-order valence-corrected chi connectivity index (χ2v) is 2.97. The first kappa shape index (κ1) is 10.7. The molecule has 14 heavy (non-hydrogen) atoms. The highest BCUT2D eigenvalue weighted by Gasteiger charge is 1.97. The van der Waals surface area contributed by atoms with Crippen LogP contribution in [0.4, 0.5) is 4.39 Å². The number of aromatic nitrogens is 1. The van der Waals surface area contributed by atoms with E-state index in [9.17, 15) is 4.39 Å². The number of hydrogen-bond acceptors (Lipinski definition) is 2. The van der Waals surface area contributed by atoms with Crippen LogP contribution in [0.3, 0.4) is 0 Å². The summed E-state index contributed by atoms with van der Waals surface area (Å²) in [5.74, 6) is 5.56. The summed E-state index contributed by atoms with van der Waals surface area (Å²) in [5.41, 5.74) is 1.43. The Kier molecular flexibility index (Phi) is 4.09. The van der Waals surface area contributed by atoms with Crippen LogP contribution in [0.1, 0.15) is 17.7 Å². The van der Waals surface area contributed by atoms with Gasteiger partial charge in [-0.25, -0.2) is 9.37 Å². The van der Waals surface area contributed by atoms with Crippen molar-refractivity contribution in [3.05, 3.63) is 29.3 Å². The Morgan fingerprint density at radius 1 is 1.57 bits per heavy atom. The van der Waals surface area contributed by atoms with Gasteiger partial charge < -0.3 is 5.32 Å². The second-order valence-electron chi connectivity index (χ2n) is 2.97. The van der Waals surface area contributed by atoms with E-state index in [-0.39, 0.29) is 5.82 Å². The summed E-state index contributed by atoms with van der Waals surface area (Å²) in [5, 5.41) is 2.99. The van der Waals surface area contributed by atoms with Gasteiger partial charge in [0.2, 0.25) is 0 Å². The molecule has 1 aromatic rings. The van der Waals surface area contributed by atoms with E-state index in [1.807, 2.05) is 7.05 Å². The van der Waals surface area contributed by atoms with Crippen LogP contribution in [0.2, 0.25) is 0 Å². The fraction of sp³-hybridized carbons (Fsp3) is 0.364. The molecule has 0 bridgehead atoms. The zero-order valence-corrected chi connectivity index (χ0v) is 8.39. The molecular formula is C11H13FN2. The Bertz CT molecular complexity index is 363. The smallest absolute Gasteiger partial charge is 0.141 e. The molecule has 2 nitrogen and oxygen atoms in total. The second kappa shape index (κ2) is 5.36. The monoisotopic (exact) mass is 192 g/mol. The molecule has 0 fully saturated rings. The summed E-state index contributed by atoms with van der Waals surface area (Å²) >= 11 is 0. The maximum atomic E-state index is 12.7. The highest BCUT2D eigenvalue weighted by atomic mass is 19.1. The van der Waals surface area contributed by atoms with E-state index in [4.69, 9.17) is 0 Å². The predicted molar refractivity (Wildman–Crippen MR) is 54.4 cm³/mol. The lowest BCUT2D eigenvalue weighted by atomic mass is 10.2. The molecule has 0 aliphatic rings. The van der Waals surface area contributed by atoms with Crippen molar-refractivity contribution in [1.29, 1.82) is 0 Å². The molecule has 1 heterocycles. The van der Waals surface area contributed by atoms with Crippen LogP contribution < -0.4 is 5.32 Å². The van der Waals surface area contributed by atoms with Gasteiger partial charge in [0.1, 0.15) is 11.5 Å². The van der Waals surface area contributed by atoms with Gasteiger partial charge in [0, 0.05) is 13.0 Å². The molecule has 3 heteroatoms. The summed E-state index contributed by atoms with van der Waals surface area (Å²) in [4.78, 5) is 3.91. The molecule has 1 N–H and O–H groups in total. The summed E-state index contributed by atoms with van der Waals surface area (Å²) in [7, 11) is 1.88. The zero-order chi connectivity index (χ0) is 10.4. The number of aryl methyl sites for hydroxylation is 1. The molecule has 0 aromatic carbocycles. The Morgan fingerprint density at radius 2 is 2.36 bits per heavy atom. The Morgan fingerprint density at radius 3 is 3.00 bits per heavy atom. The Balaban J connectivity index is 2.70. The number of halogens is 1. The van der Waals surface area contributed by atoms with Crippen LogP contribution in [0.15, 0.2) is 12.3 Å². The fourth-order valence-electron chi connectivity index (χ4n) is 1.01. The van der Waals surface area contributed by atoms with Gasteiger partial charge >= 0.3 is 0 Å². The molecule has 1 rings (SSSR count). The van der Waals surface area contributed by atoms with Crippen molar-refractivity contribution < 1.29 is 4.39 Å². The maximum Gasteiger partial charge on any atom is 0.141 e. The van der Waals surface area contributed by atoms with Gasteiger partial charge in [-0.15, -0.1) is 0 Å². The standard InChI is InChI=1S/C11H13FN2/c1-9-7-10(12)8-14-11(9)5-3-4-6-13-2/h7-8,13H,4,6H2,1-2H3. The van der Waals surface area contributed by atoms with Crippen LogP contribution in [-0.2, 0) is 0 Å². The van der Waals surface area contributed by atoms with Crippen LogP contribution in [0.5, 0.6) is 0 Å². The van der Waals surface area contributed by atoms with Crippen molar-refractivity contribution in [1.82, 2.24) is 10.3 Å². The topological polar surface area (TPSA) is 24.9 Å². The van der Waals surface area contributed by atoms with Crippen LogP contribution in [0.25, 0.3) is 0 Å². The lowest BCUT2D eigenvalue weighted by Crippen LogP contribution is -2.05. The molecule has 0 aliphatic heterocycles. The van der Waals surface area contributed by atoms with Crippen molar-refractivity contribution >= 4 is 0 Å². The summed E-state index contributed by atoms with van der Waals surface area (Å²) in [6.45, 7) is 2.66. The van der Waals surface area contributed by atoms with Gasteiger partial charge in [0.05, 0.1) is 6.20 Å². The molecule has 0 spiro atoms. The summed E-state index contributed by atoms with van der Waals surface area (Å²) in [6, 6.07) is 1.44. The number of pyridine rings is 1. The number of hydrogen-bond donors (Lipinski definition) is 1. The molecule has 0 amide bonds. The van der Waals surface area contributed by atoms with Gasteiger partial charge in [-0.1, -0.05) is 5.92 Å². The van der Waals surface area contributed by atoms with Gasteiger partial charge in [-0.2, -0.15) is 0 Å². The predicted octanol–water partition coefficient (Wildman–Crippen LogP) is 1.49. The maximum absolute atomic E-state index is 12.7. The van der Waals surface area contributed by atoms with E-state index in [0.29, 0.717) is 5.69 Å². The first-order chi connectivity index (χ1) is 6.74. The molecular weight excluding hydrogens is 179 g/mol. The minimum absolute atomic E-state index is 0.316. The van der Waals surface area contributed by atoms with Crippen LogP contribution in [-0.4, -0.2) is 18.6 Å². The number of nitrogens with zero attached hydrogens (tertiary/aromatic N) is 1. The van der Waals surface area contributed by atoms with Gasteiger partial charge in [-0.05, 0) is 31.5 Å². The number of rotatable bonds is 2. The minimum atomic E-state index is -0.316. The van der Waals surface area contributed by atoms with E-state index in [0.717, 1.165) is 18.5 Å². The summed E-state index contributed by atoms with van der Waals surface area (Å²) < 4.78 is 12.7. The van der Waals surface area contributed by atoms with Gasteiger partial charge in [0.25, 0.3) is 0 Å². The molecule has 1 aromatic heterocycles. The van der Waals surface area contributed by atoms with Crippen molar-refractivity contribution in [2.75, 3.05) is 13.6 Å². The SMILES string of the molecule is CNCCC#Cc1ncc(F)cc1C. The first-order valence-corrected chi connectivity index (χ1v) is 4.49. The number of nitrogens with one attached hydrogen (secondary N) is 1. The molecule has 0 unspecified atom stereocenters. The largest absolute Gasteiger partial charge is 0.319 e. The van der Waals surface area contributed by atoms with Crippen molar-refractivity contribution in [3.8, 4) is 11.8 Å². The fourth-order valence-corrected chi connectivity index (χ4v) is 1.01. The van der Waals surface area contributed by atoms with Crippen molar-refractivity contribution in [2.24, 2.45) is 0 Å². The van der Waals surface area contributed by atoms with Crippen LogP contribution in [0, 0.1) is 24.6 Å².